The van der Waals surface area contributed by atoms with Crippen molar-refractivity contribution in [1.29, 1.82) is 0 Å². The monoisotopic (exact) mass is 242 g/mol. The highest BCUT2D eigenvalue weighted by Gasteiger charge is 2.08. The largest absolute Gasteiger partial charge is 0.463 e. The minimum atomic E-state index is -0.0101. The molecular weight excluding hydrogens is 212 g/mol. The zero-order valence-electron chi connectivity index (χ0n) is 12.0. The number of carbonyl (C=O) groups excluding carboxylic acids is 1. The molecule has 0 heterocycles. The molecule has 0 aliphatic rings. The number of unbranched alkanes of at least 4 members (excludes halogenated alkanes) is 6. The maximum absolute atomic E-state index is 11.5. The number of hydrogen-bond donors (Lipinski definition) is 0. The van der Waals surface area contributed by atoms with Gasteiger partial charge >= 0.3 is 5.97 Å². The number of rotatable bonds is 11. The lowest BCUT2D eigenvalue weighted by Crippen LogP contribution is -2.14. The molecule has 1 unspecified atom stereocenters. The Morgan fingerprint density at radius 3 is 2.12 bits per heavy atom. The Balaban J connectivity index is 3.38. The zero-order valence-corrected chi connectivity index (χ0v) is 12.0. The highest BCUT2D eigenvalue weighted by atomic mass is 16.5. The lowest BCUT2D eigenvalue weighted by atomic mass is 10.1. The lowest BCUT2D eigenvalue weighted by Gasteiger charge is -2.12. The number of esters is 1. The molecule has 0 bridgehead atoms. The van der Waals surface area contributed by atoms with Crippen LogP contribution in [-0.2, 0) is 9.53 Å². The summed E-state index contributed by atoms with van der Waals surface area (Å²) in [5.41, 5.74) is 0. The maximum Gasteiger partial charge on any atom is 0.306 e. The summed E-state index contributed by atoms with van der Waals surface area (Å²) in [6.07, 6.45) is 11.3. The van der Waals surface area contributed by atoms with Crippen LogP contribution in [0.1, 0.15) is 85.0 Å². The molecule has 0 radical (unpaired) electrons. The first-order valence-corrected chi connectivity index (χ1v) is 7.40. The van der Waals surface area contributed by atoms with Gasteiger partial charge in [0.25, 0.3) is 0 Å². The van der Waals surface area contributed by atoms with E-state index in [1.54, 1.807) is 0 Å². The van der Waals surface area contributed by atoms with Crippen molar-refractivity contribution in [2.75, 3.05) is 0 Å². The van der Waals surface area contributed by atoms with Crippen LogP contribution in [0.2, 0.25) is 0 Å². The number of carbonyl (C=O) groups is 1. The summed E-state index contributed by atoms with van der Waals surface area (Å²) in [6, 6.07) is 0. The maximum atomic E-state index is 11.5. The highest BCUT2D eigenvalue weighted by molar-refractivity contribution is 5.69. The van der Waals surface area contributed by atoms with Gasteiger partial charge in [-0.1, -0.05) is 52.4 Å². The molecule has 1 atom stereocenters. The van der Waals surface area contributed by atoms with E-state index in [0.29, 0.717) is 6.42 Å². The quantitative estimate of drug-likeness (QED) is 0.382. The minimum Gasteiger partial charge on any atom is -0.463 e. The first-order chi connectivity index (χ1) is 8.20. The summed E-state index contributed by atoms with van der Waals surface area (Å²) >= 11 is 0. The molecule has 0 rings (SSSR count). The van der Waals surface area contributed by atoms with E-state index >= 15 is 0 Å². The van der Waals surface area contributed by atoms with Gasteiger partial charge in [0.15, 0.2) is 0 Å². The number of ether oxygens (including phenoxy) is 1. The van der Waals surface area contributed by atoms with E-state index in [-0.39, 0.29) is 12.1 Å². The van der Waals surface area contributed by atoms with Gasteiger partial charge in [-0.15, -0.1) is 0 Å². The third kappa shape index (κ3) is 11.7. The second-order valence-electron chi connectivity index (χ2n) is 4.96. The van der Waals surface area contributed by atoms with E-state index in [2.05, 4.69) is 13.8 Å². The van der Waals surface area contributed by atoms with Gasteiger partial charge in [-0.3, -0.25) is 4.79 Å². The van der Waals surface area contributed by atoms with Crippen molar-refractivity contribution in [3.05, 3.63) is 0 Å². The predicted molar refractivity (Wildman–Crippen MR) is 73.1 cm³/mol. The van der Waals surface area contributed by atoms with E-state index < -0.39 is 0 Å². The lowest BCUT2D eigenvalue weighted by molar-refractivity contribution is -0.148. The van der Waals surface area contributed by atoms with Gasteiger partial charge in [0, 0.05) is 6.42 Å². The first-order valence-electron chi connectivity index (χ1n) is 7.40. The van der Waals surface area contributed by atoms with Crippen molar-refractivity contribution in [2.24, 2.45) is 0 Å². The molecule has 0 aromatic heterocycles. The molecule has 2 heteroatoms. The Labute approximate surface area is 107 Å². The van der Waals surface area contributed by atoms with Gasteiger partial charge in [0.05, 0.1) is 6.10 Å². The van der Waals surface area contributed by atoms with E-state index in [0.717, 1.165) is 19.3 Å². The Hall–Kier alpha value is -0.530. The average molecular weight is 242 g/mol. The molecule has 17 heavy (non-hydrogen) atoms. The van der Waals surface area contributed by atoms with E-state index in [1.165, 1.54) is 38.5 Å². The summed E-state index contributed by atoms with van der Waals surface area (Å²) in [7, 11) is 0. The molecule has 0 aromatic carbocycles. The topological polar surface area (TPSA) is 26.3 Å². The smallest absolute Gasteiger partial charge is 0.306 e. The van der Waals surface area contributed by atoms with Crippen LogP contribution in [0, 0.1) is 0 Å². The van der Waals surface area contributed by atoms with Crippen molar-refractivity contribution in [3.8, 4) is 0 Å². The SMILES string of the molecule is CCCCCCC(=O)OC(C)CCCCCC. The molecule has 0 aliphatic heterocycles. The van der Waals surface area contributed by atoms with Crippen molar-refractivity contribution in [3.63, 3.8) is 0 Å². The Kier molecular flexibility index (Phi) is 11.6. The number of hydrogen-bond acceptors (Lipinski definition) is 2. The normalized spacial score (nSPS) is 12.4. The van der Waals surface area contributed by atoms with Crippen LogP contribution in [-0.4, -0.2) is 12.1 Å². The Bertz CT molecular complexity index is 178. The minimum absolute atomic E-state index is 0.0101. The molecule has 0 spiro atoms. The zero-order chi connectivity index (χ0) is 12.9. The van der Waals surface area contributed by atoms with E-state index in [1.807, 2.05) is 6.92 Å². The van der Waals surface area contributed by atoms with Gasteiger partial charge in [-0.2, -0.15) is 0 Å². The molecule has 0 aliphatic carbocycles. The van der Waals surface area contributed by atoms with Crippen LogP contribution in [0.4, 0.5) is 0 Å². The molecule has 0 aromatic rings. The van der Waals surface area contributed by atoms with E-state index in [9.17, 15) is 4.79 Å². The van der Waals surface area contributed by atoms with Gasteiger partial charge in [0.2, 0.25) is 0 Å². The van der Waals surface area contributed by atoms with Crippen LogP contribution >= 0.6 is 0 Å². The van der Waals surface area contributed by atoms with Crippen molar-refractivity contribution >= 4 is 5.97 Å². The van der Waals surface area contributed by atoms with Crippen LogP contribution in [0.25, 0.3) is 0 Å². The second kappa shape index (κ2) is 11.9. The summed E-state index contributed by atoms with van der Waals surface area (Å²) in [4.78, 5) is 11.5. The molecule has 0 amide bonds. The third-order valence-corrected chi connectivity index (χ3v) is 3.03. The van der Waals surface area contributed by atoms with Crippen LogP contribution in [0.5, 0.6) is 0 Å². The first kappa shape index (κ1) is 16.5. The fraction of sp³-hybridized carbons (Fsp3) is 0.933. The third-order valence-electron chi connectivity index (χ3n) is 3.03. The summed E-state index contributed by atoms with van der Waals surface area (Å²) < 4.78 is 5.37. The summed E-state index contributed by atoms with van der Waals surface area (Å²) in [5, 5.41) is 0. The van der Waals surface area contributed by atoms with Gasteiger partial charge in [-0.05, 0) is 26.2 Å². The fourth-order valence-corrected chi connectivity index (χ4v) is 1.90. The Morgan fingerprint density at radius 2 is 1.53 bits per heavy atom. The van der Waals surface area contributed by atoms with Gasteiger partial charge in [-0.25, -0.2) is 0 Å². The highest BCUT2D eigenvalue weighted by Crippen LogP contribution is 2.10. The second-order valence-corrected chi connectivity index (χ2v) is 4.96. The summed E-state index contributed by atoms with van der Waals surface area (Å²) in [5.74, 6) is -0.0101. The van der Waals surface area contributed by atoms with Crippen molar-refractivity contribution < 1.29 is 9.53 Å². The predicted octanol–water partition coefficient (Wildman–Crippen LogP) is 4.86. The van der Waals surface area contributed by atoms with Crippen LogP contribution < -0.4 is 0 Å². The van der Waals surface area contributed by atoms with Crippen molar-refractivity contribution in [1.82, 2.24) is 0 Å². The molecule has 2 nitrogen and oxygen atoms in total. The Morgan fingerprint density at radius 1 is 0.941 bits per heavy atom. The molecule has 0 saturated carbocycles. The summed E-state index contributed by atoms with van der Waals surface area (Å²) in [6.45, 7) is 6.40. The standard InChI is InChI=1S/C15H30O2/c1-4-6-8-10-12-14(3)17-15(16)13-11-9-7-5-2/h14H,4-13H2,1-3H3. The molecule has 0 fully saturated rings. The average Bonchev–Trinajstić information content (AvgIpc) is 2.30. The van der Waals surface area contributed by atoms with Crippen LogP contribution in [0.15, 0.2) is 0 Å². The molecule has 102 valence electrons. The molecule has 0 N–H and O–H groups in total. The van der Waals surface area contributed by atoms with Crippen molar-refractivity contribution in [2.45, 2.75) is 91.1 Å². The molecular formula is C15H30O2. The fourth-order valence-electron chi connectivity index (χ4n) is 1.90. The molecule has 0 saturated heterocycles. The van der Waals surface area contributed by atoms with E-state index in [4.69, 9.17) is 4.74 Å². The van der Waals surface area contributed by atoms with Crippen LogP contribution in [0.3, 0.4) is 0 Å². The van der Waals surface area contributed by atoms with Gasteiger partial charge < -0.3 is 4.74 Å². The van der Waals surface area contributed by atoms with Gasteiger partial charge in [0.1, 0.15) is 0 Å².